The molecular formula is C16H15N3. The van der Waals surface area contributed by atoms with E-state index < -0.39 is 0 Å². The van der Waals surface area contributed by atoms with Crippen molar-refractivity contribution in [3.63, 3.8) is 0 Å². The van der Waals surface area contributed by atoms with Gasteiger partial charge in [0.05, 0.1) is 5.69 Å². The lowest BCUT2D eigenvalue weighted by Crippen LogP contribution is -2.02. The highest BCUT2D eigenvalue weighted by atomic mass is 15.1. The van der Waals surface area contributed by atoms with Crippen molar-refractivity contribution in [2.45, 2.75) is 6.92 Å². The molecular weight excluding hydrogens is 234 g/mol. The summed E-state index contributed by atoms with van der Waals surface area (Å²) in [5, 5.41) is 5.58. The Labute approximate surface area is 112 Å². The van der Waals surface area contributed by atoms with Crippen LogP contribution in [0.2, 0.25) is 0 Å². The molecule has 0 aliphatic heterocycles. The Morgan fingerprint density at radius 3 is 2.74 bits per heavy atom. The van der Waals surface area contributed by atoms with Crippen LogP contribution in [0.25, 0.3) is 22.0 Å². The maximum Gasteiger partial charge on any atom is 0.223 e. The summed E-state index contributed by atoms with van der Waals surface area (Å²) in [6.07, 6.45) is 1.79. The van der Waals surface area contributed by atoms with Crippen molar-refractivity contribution in [1.29, 1.82) is 0 Å². The van der Waals surface area contributed by atoms with Crippen molar-refractivity contribution in [2.75, 3.05) is 11.9 Å². The molecule has 3 aromatic rings. The van der Waals surface area contributed by atoms with Gasteiger partial charge in [-0.25, -0.2) is 9.97 Å². The largest absolute Gasteiger partial charge is 0.354 e. The normalized spacial score (nSPS) is 10.6. The van der Waals surface area contributed by atoms with Crippen LogP contribution in [0.4, 0.5) is 5.95 Å². The quantitative estimate of drug-likeness (QED) is 0.768. The van der Waals surface area contributed by atoms with Gasteiger partial charge in [-0.1, -0.05) is 42.5 Å². The van der Waals surface area contributed by atoms with E-state index >= 15 is 0 Å². The van der Waals surface area contributed by atoms with Gasteiger partial charge in [0, 0.05) is 18.3 Å². The minimum atomic E-state index is 0.674. The summed E-state index contributed by atoms with van der Waals surface area (Å²) >= 11 is 0. The van der Waals surface area contributed by atoms with Crippen molar-refractivity contribution in [3.8, 4) is 11.3 Å². The topological polar surface area (TPSA) is 37.8 Å². The number of anilines is 1. The molecule has 3 rings (SSSR count). The number of benzene rings is 2. The molecule has 0 amide bonds. The average molecular weight is 249 g/mol. The predicted octanol–water partition coefficient (Wildman–Crippen LogP) is 3.73. The van der Waals surface area contributed by atoms with Crippen molar-refractivity contribution < 1.29 is 0 Å². The van der Waals surface area contributed by atoms with Crippen LogP contribution >= 0.6 is 0 Å². The first-order valence-corrected chi connectivity index (χ1v) is 6.43. The second kappa shape index (κ2) is 5.06. The third-order valence-electron chi connectivity index (χ3n) is 3.06. The van der Waals surface area contributed by atoms with Crippen LogP contribution in [-0.4, -0.2) is 16.5 Å². The van der Waals surface area contributed by atoms with E-state index in [0.717, 1.165) is 17.8 Å². The molecule has 94 valence electrons. The van der Waals surface area contributed by atoms with E-state index in [2.05, 4.69) is 57.7 Å². The average Bonchev–Trinajstić information content (AvgIpc) is 2.47. The molecule has 3 heteroatoms. The summed E-state index contributed by atoms with van der Waals surface area (Å²) in [5.74, 6) is 0.674. The Kier molecular flexibility index (Phi) is 3.11. The lowest BCUT2D eigenvalue weighted by Gasteiger charge is -2.07. The fourth-order valence-electron chi connectivity index (χ4n) is 2.20. The van der Waals surface area contributed by atoms with Gasteiger partial charge in [0.1, 0.15) is 0 Å². The van der Waals surface area contributed by atoms with Gasteiger partial charge < -0.3 is 5.32 Å². The third kappa shape index (κ3) is 2.27. The van der Waals surface area contributed by atoms with Gasteiger partial charge in [-0.3, -0.25) is 0 Å². The van der Waals surface area contributed by atoms with Gasteiger partial charge in [-0.05, 0) is 23.8 Å². The SMILES string of the molecule is CCNc1nccc(-c2cccc3ccccc23)n1. The summed E-state index contributed by atoms with van der Waals surface area (Å²) in [6, 6.07) is 16.6. The molecule has 3 nitrogen and oxygen atoms in total. The second-order valence-corrected chi connectivity index (χ2v) is 4.32. The van der Waals surface area contributed by atoms with Gasteiger partial charge in [0.15, 0.2) is 0 Å². The van der Waals surface area contributed by atoms with Crippen LogP contribution in [0.15, 0.2) is 54.7 Å². The molecule has 0 fully saturated rings. The van der Waals surface area contributed by atoms with Crippen molar-refractivity contribution in [2.24, 2.45) is 0 Å². The fourth-order valence-corrected chi connectivity index (χ4v) is 2.20. The smallest absolute Gasteiger partial charge is 0.223 e. The first-order chi connectivity index (χ1) is 9.38. The van der Waals surface area contributed by atoms with E-state index in [4.69, 9.17) is 0 Å². The fraction of sp³-hybridized carbons (Fsp3) is 0.125. The van der Waals surface area contributed by atoms with Crippen LogP contribution in [-0.2, 0) is 0 Å². The lowest BCUT2D eigenvalue weighted by atomic mass is 10.0. The molecule has 0 unspecified atom stereocenters. The number of nitrogens with one attached hydrogen (secondary N) is 1. The summed E-state index contributed by atoms with van der Waals surface area (Å²) in [4.78, 5) is 8.77. The molecule has 1 N–H and O–H groups in total. The molecule has 2 aromatic carbocycles. The molecule has 19 heavy (non-hydrogen) atoms. The Balaban J connectivity index is 2.16. The molecule has 0 aliphatic rings. The molecule has 0 aliphatic carbocycles. The van der Waals surface area contributed by atoms with Gasteiger partial charge in [-0.2, -0.15) is 0 Å². The van der Waals surface area contributed by atoms with Crippen molar-refractivity contribution in [3.05, 3.63) is 54.7 Å². The van der Waals surface area contributed by atoms with Crippen molar-refractivity contribution >= 4 is 16.7 Å². The van der Waals surface area contributed by atoms with E-state index in [1.165, 1.54) is 10.8 Å². The standard InChI is InChI=1S/C16H15N3/c1-2-17-16-18-11-10-15(19-16)14-9-5-7-12-6-3-4-8-13(12)14/h3-11H,2H2,1H3,(H,17,18,19). The Morgan fingerprint density at radius 2 is 1.84 bits per heavy atom. The number of fused-ring (bicyclic) bond motifs is 1. The summed E-state index contributed by atoms with van der Waals surface area (Å²) in [5.41, 5.74) is 2.09. The molecule has 0 saturated carbocycles. The van der Waals surface area contributed by atoms with E-state index in [1.54, 1.807) is 6.20 Å². The minimum absolute atomic E-state index is 0.674. The highest BCUT2D eigenvalue weighted by Crippen LogP contribution is 2.27. The number of nitrogens with zero attached hydrogens (tertiary/aromatic N) is 2. The van der Waals surface area contributed by atoms with Gasteiger partial charge in [0.25, 0.3) is 0 Å². The highest BCUT2D eigenvalue weighted by molar-refractivity contribution is 5.95. The maximum absolute atomic E-state index is 4.56. The monoisotopic (exact) mass is 249 g/mol. The summed E-state index contributed by atoms with van der Waals surface area (Å²) in [7, 11) is 0. The molecule has 0 bridgehead atoms. The van der Waals surface area contributed by atoms with E-state index in [9.17, 15) is 0 Å². The van der Waals surface area contributed by atoms with Gasteiger partial charge in [-0.15, -0.1) is 0 Å². The maximum atomic E-state index is 4.56. The van der Waals surface area contributed by atoms with Crippen LogP contribution in [0.5, 0.6) is 0 Å². The van der Waals surface area contributed by atoms with Crippen molar-refractivity contribution in [1.82, 2.24) is 9.97 Å². The summed E-state index contributed by atoms with van der Waals surface area (Å²) in [6.45, 7) is 2.85. The van der Waals surface area contributed by atoms with E-state index in [1.807, 2.05) is 13.0 Å². The van der Waals surface area contributed by atoms with Gasteiger partial charge >= 0.3 is 0 Å². The second-order valence-electron chi connectivity index (χ2n) is 4.32. The first kappa shape index (κ1) is 11.7. The highest BCUT2D eigenvalue weighted by Gasteiger charge is 2.05. The molecule has 0 spiro atoms. The molecule has 0 radical (unpaired) electrons. The zero-order valence-corrected chi connectivity index (χ0v) is 10.8. The van der Waals surface area contributed by atoms with E-state index in [-0.39, 0.29) is 0 Å². The van der Waals surface area contributed by atoms with Gasteiger partial charge in [0.2, 0.25) is 5.95 Å². The van der Waals surface area contributed by atoms with Crippen LogP contribution in [0, 0.1) is 0 Å². The van der Waals surface area contributed by atoms with Crippen LogP contribution < -0.4 is 5.32 Å². The molecule has 1 heterocycles. The molecule has 1 aromatic heterocycles. The Hall–Kier alpha value is -2.42. The van der Waals surface area contributed by atoms with Crippen LogP contribution in [0.3, 0.4) is 0 Å². The molecule has 0 saturated heterocycles. The summed E-state index contributed by atoms with van der Waals surface area (Å²) < 4.78 is 0. The van der Waals surface area contributed by atoms with Crippen LogP contribution in [0.1, 0.15) is 6.92 Å². The predicted molar refractivity (Wildman–Crippen MR) is 79.1 cm³/mol. The Morgan fingerprint density at radius 1 is 1.00 bits per heavy atom. The zero-order chi connectivity index (χ0) is 13.1. The lowest BCUT2D eigenvalue weighted by molar-refractivity contribution is 1.09. The number of aromatic nitrogens is 2. The zero-order valence-electron chi connectivity index (χ0n) is 10.8. The number of hydrogen-bond acceptors (Lipinski definition) is 3. The Bertz CT molecular complexity index is 702. The number of hydrogen-bond donors (Lipinski definition) is 1. The van der Waals surface area contributed by atoms with E-state index in [0.29, 0.717) is 5.95 Å². The third-order valence-corrected chi connectivity index (χ3v) is 3.06. The number of rotatable bonds is 3. The molecule has 0 atom stereocenters. The minimum Gasteiger partial charge on any atom is -0.354 e. The first-order valence-electron chi connectivity index (χ1n) is 6.43.